The van der Waals surface area contributed by atoms with Crippen LogP contribution in [-0.4, -0.2) is 91.4 Å². The van der Waals surface area contributed by atoms with Crippen LogP contribution in [0.4, 0.5) is 8.63 Å². The molecule has 1 amide bonds. The Morgan fingerprint density at radius 2 is 1.83 bits per heavy atom. The third kappa shape index (κ3) is 7.56. The molecule has 2 atom stereocenters. The van der Waals surface area contributed by atoms with Gasteiger partial charge in [0.25, 0.3) is 0 Å². The second kappa shape index (κ2) is 13.5. The number of carbonyl (C=O) groups excluding carboxylic acids is 1. The van der Waals surface area contributed by atoms with Gasteiger partial charge in [-0.05, 0) is 49.2 Å². The van der Waals surface area contributed by atoms with Gasteiger partial charge in [0.2, 0.25) is 5.91 Å². The molecule has 2 unspecified atom stereocenters. The molecule has 2 N–H and O–H groups in total. The molecule has 1 aromatic carbocycles. The topological polar surface area (TPSA) is 114 Å². The maximum absolute atomic E-state index is 16.6. The van der Waals surface area contributed by atoms with E-state index in [4.69, 9.17) is 0 Å². The van der Waals surface area contributed by atoms with E-state index < -0.39 is 41.7 Å². The van der Waals surface area contributed by atoms with Crippen LogP contribution in [0.3, 0.4) is 0 Å². The number of aliphatic carboxylic acids is 1. The number of fused-ring (bicyclic) bond motifs is 2. The zero-order valence-corrected chi connectivity index (χ0v) is 27.4. The van der Waals surface area contributed by atoms with Gasteiger partial charge in [-0.15, -0.1) is 0 Å². The van der Waals surface area contributed by atoms with Crippen LogP contribution in [0.2, 0.25) is 0 Å². The van der Waals surface area contributed by atoms with E-state index in [1.165, 1.54) is 0 Å². The van der Waals surface area contributed by atoms with Gasteiger partial charge in [-0.3, -0.25) is 9.00 Å². The minimum absolute atomic E-state index is 0. The Morgan fingerprint density at radius 3 is 2.43 bits per heavy atom. The number of quaternary nitrogens is 1. The fourth-order valence-electron chi connectivity index (χ4n) is 5.41. The van der Waals surface area contributed by atoms with Crippen LogP contribution in [-0.2, 0) is 27.1 Å². The van der Waals surface area contributed by atoms with Crippen molar-refractivity contribution in [2.75, 3.05) is 33.4 Å². The fourth-order valence-corrected chi connectivity index (χ4v) is 5.91. The summed E-state index contributed by atoms with van der Waals surface area (Å²) in [6, 6.07) is 9.08. The van der Waals surface area contributed by atoms with E-state index in [1.807, 2.05) is 24.3 Å². The number of rotatable bonds is 12. The predicted octanol–water partition coefficient (Wildman–Crippen LogP) is -0.313. The van der Waals surface area contributed by atoms with Crippen molar-refractivity contribution < 1.29 is 70.6 Å². The van der Waals surface area contributed by atoms with Gasteiger partial charge in [-0.2, -0.15) is 0 Å². The van der Waals surface area contributed by atoms with Gasteiger partial charge in [0.1, 0.15) is 6.04 Å². The Labute approximate surface area is 269 Å². The zero-order valence-electron chi connectivity index (χ0n) is 24.6. The van der Waals surface area contributed by atoms with Crippen molar-refractivity contribution >= 4 is 41.7 Å². The van der Waals surface area contributed by atoms with E-state index in [1.54, 1.807) is 31.2 Å². The summed E-state index contributed by atoms with van der Waals surface area (Å²) in [5.41, 5.74) is 3.65. The first-order valence-corrected chi connectivity index (χ1v) is 14.7. The van der Waals surface area contributed by atoms with Gasteiger partial charge >= 0.3 is 42.5 Å². The van der Waals surface area contributed by atoms with E-state index >= 15 is 8.63 Å². The maximum atomic E-state index is 16.6. The molecular formula is C28H35BF2N4NaO5S+. The maximum Gasteiger partial charge on any atom is 1.00 e. The number of nitrogens with zero attached hydrogens (tertiary/aromatic N) is 3. The summed E-state index contributed by atoms with van der Waals surface area (Å²) in [6.45, 7) is -1.71. The first-order valence-electron chi connectivity index (χ1n) is 13.4. The quantitative estimate of drug-likeness (QED) is 0.194. The second-order valence-electron chi connectivity index (χ2n) is 11.5. The van der Waals surface area contributed by atoms with Crippen LogP contribution in [0, 0.1) is 6.92 Å². The van der Waals surface area contributed by atoms with Crippen molar-refractivity contribution in [2.45, 2.75) is 38.6 Å². The van der Waals surface area contributed by atoms with Crippen LogP contribution in [0.5, 0.6) is 0 Å². The minimum atomic E-state index is -4.35. The van der Waals surface area contributed by atoms with Gasteiger partial charge in [0, 0.05) is 47.6 Å². The van der Waals surface area contributed by atoms with Crippen molar-refractivity contribution in [2.24, 2.45) is 0 Å². The predicted molar refractivity (Wildman–Crippen MR) is 153 cm³/mol. The number of amides is 1. The Kier molecular flexibility index (Phi) is 10.9. The normalized spacial score (nSPS) is 16.9. The number of carboxylic acid groups (broad SMARTS) is 1. The number of halogens is 2. The third-order valence-electron chi connectivity index (χ3n) is 7.30. The number of aromatic nitrogens is 1. The van der Waals surface area contributed by atoms with Crippen molar-refractivity contribution in [3.8, 4) is 0 Å². The Hall–Kier alpha value is -2.42. The molecule has 2 aromatic rings. The summed E-state index contributed by atoms with van der Waals surface area (Å²) in [5.74, 6) is -3.02. The summed E-state index contributed by atoms with van der Waals surface area (Å²) < 4.78 is 58.0. The SMILES string of the molecule is Cc1cc(CCC(=O)NC(CS(=O)[O-])C(=O)O)n2c1C=C1C(CCC[N+](C)(C)C)=CC(c3ccccc3)=[N+]1[B-]2(F)F.[Na+]. The van der Waals surface area contributed by atoms with E-state index in [9.17, 15) is 23.5 Å². The van der Waals surface area contributed by atoms with Crippen molar-refractivity contribution in [1.29, 1.82) is 0 Å². The molecular weight excluding hydrogens is 576 g/mol. The third-order valence-corrected chi connectivity index (χ3v) is 7.90. The molecule has 0 aliphatic carbocycles. The van der Waals surface area contributed by atoms with Crippen LogP contribution in [0.1, 0.15) is 41.8 Å². The molecule has 220 valence electrons. The van der Waals surface area contributed by atoms with Crippen molar-refractivity contribution in [3.63, 3.8) is 0 Å². The first kappa shape index (κ1) is 34.1. The summed E-state index contributed by atoms with van der Waals surface area (Å²) in [7, 11) is 6.29. The molecule has 42 heavy (non-hydrogen) atoms. The molecule has 2 aliphatic rings. The first-order chi connectivity index (χ1) is 19.2. The van der Waals surface area contributed by atoms with Gasteiger partial charge in [0.05, 0.1) is 27.7 Å². The van der Waals surface area contributed by atoms with Gasteiger partial charge < -0.3 is 37.1 Å². The van der Waals surface area contributed by atoms with E-state index in [0.717, 1.165) is 32.0 Å². The molecule has 9 nitrogen and oxygen atoms in total. The van der Waals surface area contributed by atoms with Crippen LogP contribution in [0.25, 0.3) is 6.08 Å². The van der Waals surface area contributed by atoms with E-state index in [-0.39, 0.29) is 48.1 Å². The number of aryl methyl sites for hydroxylation is 2. The summed E-state index contributed by atoms with van der Waals surface area (Å²) in [6.07, 6.45) is 4.75. The molecule has 0 spiro atoms. The molecule has 0 radical (unpaired) electrons. The molecule has 0 saturated heterocycles. The van der Waals surface area contributed by atoms with E-state index in [0.29, 0.717) is 34.7 Å². The molecule has 4 rings (SSSR count). The van der Waals surface area contributed by atoms with Crippen LogP contribution < -0.4 is 34.9 Å². The Bertz CT molecular complexity index is 1480. The molecule has 0 bridgehead atoms. The summed E-state index contributed by atoms with van der Waals surface area (Å²) in [4.78, 5) is 23.8. The number of hydrogen-bond donors (Lipinski definition) is 2. The zero-order chi connectivity index (χ0) is 30.1. The molecule has 3 heterocycles. The Balaban J connectivity index is 0.00000484. The summed E-state index contributed by atoms with van der Waals surface area (Å²) >= 11 is -2.68. The largest absolute Gasteiger partial charge is 1.00 e. The molecule has 0 fully saturated rings. The molecule has 1 aromatic heterocycles. The standard InChI is InChI=1S/C28H35BF2N4O5S.Na/c1-19-15-22(12-13-27(36)32-23(28(37)38)18-41(39)40)33-24(19)17-26-21(11-8-14-35(2,3)4)16-25(34(26)29(33,30)31)20-9-6-5-7-10-20;/h5-7,9-10,15-17,23H,8,11-14,18H2,1-4H3,(H2-,32,36,37,38,39,40);/q;+1. The van der Waals surface area contributed by atoms with Gasteiger partial charge in [-0.1, -0.05) is 29.3 Å². The van der Waals surface area contributed by atoms with E-state index in [2.05, 4.69) is 26.5 Å². The van der Waals surface area contributed by atoms with Crippen molar-refractivity contribution in [3.05, 3.63) is 76.3 Å². The number of carboxylic acids is 1. The van der Waals surface area contributed by atoms with Gasteiger partial charge in [-0.25, -0.2) is 4.79 Å². The monoisotopic (exact) mass is 611 g/mol. The number of carbonyl (C=O) groups is 2. The number of allylic oxidation sites excluding steroid dienone is 2. The number of nitrogens with one attached hydrogen (secondary N) is 1. The Morgan fingerprint density at radius 1 is 1.17 bits per heavy atom. The minimum Gasteiger partial charge on any atom is -0.772 e. The van der Waals surface area contributed by atoms with Crippen molar-refractivity contribution in [1.82, 2.24) is 9.79 Å². The van der Waals surface area contributed by atoms with Gasteiger partial charge in [0.15, 0.2) is 11.4 Å². The molecule has 14 heteroatoms. The number of hydrogen-bond acceptors (Lipinski definition) is 4. The molecule has 2 aliphatic heterocycles. The average Bonchev–Trinajstić information content (AvgIpc) is 3.41. The van der Waals surface area contributed by atoms with Crippen LogP contribution in [0.15, 0.2) is 53.7 Å². The second-order valence-corrected chi connectivity index (χ2v) is 12.5. The smallest absolute Gasteiger partial charge is 0.772 e. The fraction of sp³-hybridized carbons (Fsp3) is 0.393. The van der Waals surface area contributed by atoms with Crippen LogP contribution >= 0.6 is 0 Å². The molecule has 0 saturated carbocycles. The number of benzene rings is 1. The average molecular weight is 611 g/mol. The summed E-state index contributed by atoms with van der Waals surface area (Å²) in [5, 5.41) is 11.4.